The van der Waals surface area contributed by atoms with Gasteiger partial charge in [0.2, 0.25) is 0 Å². The van der Waals surface area contributed by atoms with Crippen LogP contribution in [0, 0.1) is 11.3 Å². The first-order chi connectivity index (χ1) is 8.17. The molecule has 0 aromatic heterocycles. The summed E-state index contributed by atoms with van der Waals surface area (Å²) in [6.07, 6.45) is 4.71. The molecule has 0 spiro atoms. The SMILES string of the molecule is CCCCc1ccc(/C=C(\C#N)C(=O)O)cc1. The van der Waals surface area contributed by atoms with Crippen LogP contribution in [0.1, 0.15) is 30.9 Å². The summed E-state index contributed by atoms with van der Waals surface area (Å²) in [5.74, 6) is -1.19. The molecule has 0 aliphatic heterocycles. The van der Waals surface area contributed by atoms with Crippen molar-refractivity contribution in [2.24, 2.45) is 0 Å². The van der Waals surface area contributed by atoms with Crippen LogP contribution in [0.15, 0.2) is 29.8 Å². The first kappa shape index (κ1) is 13.0. The molecular weight excluding hydrogens is 214 g/mol. The summed E-state index contributed by atoms with van der Waals surface area (Å²) in [5.41, 5.74) is 1.73. The van der Waals surface area contributed by atoms with Crippen molar-refractivity contribution < 1.29 is 9.90 Å². The largest absolute Gasteiger partial charge is 0.477 e. The van der Waals surface area contributed by atoms with Crippen molar-refractivity contribution in [1.82, 2.24) is 0 Å². The summed E-state index contributed by atoms with van der Waals surface area (Å²) in [7, 11) is 0. The molecule has 0 fully saturated rings. The summed E-state index contributed by atoms with van der Waals surface area (Å²) in [6.45, 7) is 2.14. The minimum absolute atomic E-state index is 0.244. The maximum Gasteiger partial charge on any atom is 0.346 e. The molecule has 0 unspecified atom stereocenters. The summed E-state index contributed by atoms with van der Waals surface area (Å²) in [4.78, 5) is 10.7. The van der Waals surface area contributed by atoms with E-state index in [-0.39, 0.29) is 5.57 Å². The molecule has 1 N–H and O–H groups in total. The third-order valence-corrected chi connectivity index (χ3v) is 2.46. The zero-order valence-electron chi connectivity index (χ0n) is 9.81. The van der Waals surface area contributed by atoms with Gasteiger partial charge in [-0.05, 0) is 30.0 Å². The summed E-state index contributed by atoms with van der Waals surface area (Å²) in [6, 6.07) is 9.28. The number of nitrogens with zero attached hydrogens (tertiary/aromatic N) is 1. The average Bonchev–Trinajstić information content (AvgIpc) is 2.34. The molecule has 3 nitrogen and oxygen atoms in total. The molecule has 0 radical (unpaired) electrons. The lowest BCUT2D eigenvalue weighted by molar-refractivity contribution is -0.132. The second-order valence-electron chi connectivity index (χ2n) is 3.82. The van der Waals surface area contributed by atoms with Gasteiger partial charge in [0.1, 0.15) is 11.6 Å². The first-order valence-electron chi connectivity index (χ1n) is 5.61. The van der Waals surface area contributed by atoms with Gasteiger partial charge >= 0.3 is 5.97 Å². The number of carboxylic acid groups (broad SMARTS) is 1. The van der Waals surface area contributed by atoms with Crippen LogP contribution in [0.3, 0.4) is 0 Å². The van der Waals surface area contributed by atoms with E-state index in [4.69, 9.17) is 10.4 Å². The van der Waals surface area contributed by atoms with E-state index < -0.39 is 5.97 Å². The van der Waals surface area contributed by atoms with Crippen LogP contribution >= 0.6 is 0 Å². The van der Waals surface area contributed by atoms with Gasteiger partial charge in [0.25, 0.3) is 0 Å². The molecule has 1 aromatic rings. The molecule has 1 aromatic carbocycles. The average molecular weight is 229 g/mol. The van der Waals surface area contributed by atoms with Gasteiger partial charge in [-0.1, -0.05) is 37.6 Å². The Hall–Kier alpha value is -2.08. The lowest BCUT2D eigenvalue weighted by Gasteiger charge is -2.00. The van der Waals surface area contributed by atoms with Crippen molar-refractivity contribution in [1.29, 1.82) is 5.26 Å². The highest BCUT2D eigenvalue weighted by Gasteiger charge is 2.05. The zero-order valence-corrected chi connectivity index (χ0v) is 9.81. The van der Waals surface area contributed by atoms with Gasteiger partial charge in [0.05, 0.1) is 0 Å². The maximum atomic E-state index is 10.7. The topological polar surface area (TPSA) is 61.1 Å². The Morgan fingerprint density at radius 1 is 1.41 bits per heavy atom. The molecule has 0 bridgehead atoms. The Bertz CT molecular complexity index is 452. The molecule has 17 heavy (non-hydrogen) atoms. The predicted molar refractivity (Wildman–Crippen MR) is 66.3 cm³/mol. The monoisotopic (exact) mass is 229 g/mol. The van der Waals surface area contributed by atoms with Crippen LogP contribution in [-0.2, 0) is 11.2 Å². The zero-order chi connectivity index (χ0) is 12.7. The Balaban J connectivity index is 2.81. The van der Waals surface area contributed by atoms with E-state index >= 15 is 0 Å². The Morgan fingerprint density at radius 2 is 2.06 bits per heavy atom. The van der Waals surface area contributed by atoms with Gasteiger partial charge in [0.15, 0.2) is 0 Å². The molecule has 3 heteroatoms. The highest BCUT2D eigenvalue weighted by molar-refractivity contribution is 5.96. The summed E-state index contributed by atoms with van der Waals surface area (Å²) in [5, 5.41) is 17.3. The fourth-order valence-electron chi connectivity index (χ4n) is 1.47. The molecule has 0 saturated carbocycles. The van der Waals surface area contributed by atoms with E-state index in [1.165, 1.54) is 11.6 Å². The van der Waals surface area contributed by atoms with Crippen LogP contribution in [0.2, 0.25) is 0 Å². The summed E-state index contributed by atoms with van der Waals surface area (Å²) >= 11 is 0. The number of carboxylic acids is 1. The smallest absolute Gasteiger partial charge is 0.346 e. The first-order valence-corrected chi connectivity index (χ1v) is 5.61. The van der Waals surface area contributed by atoms with Crippen molar-refractivity contribution in [3.63, 3.8) is 0 Å². The summed E-state index contributed by atoms with van der Waals surface area (Å²) < 4.78 is 0. The van der Waals surface area contributed by atoms with Crippen LogP contribution in [0.4, 0.5) is 0 Å². The van der Waals surface area contributed by atoms with Gasteiger partial charge in [-0.15, -0.1) is 0 Å². The van der Waals surface area contributed by atoms with E-state index in [1.807, 2.05) is 24.3 Å². The number of hydrogen-bond donors (Lipinski definition) is 1. The molecule has 0 amide bonds. The molecule has 0 heterocycles. The van der Waals surface area contributed by atoms with E-state index in [0.717, 1.165) is 24.8 Å². The van der Waals surface area contributed by atoms with Crippen molar-refractivity contribution in [3.05, 3.63) is 41.0 Å². The van der Waals surface area contributed by atoms with Gasteiger partial charge in [-0.2, -0.15) is 5.26 Å². The number of nitriles is 1. The number of unbranched alkanes of at least 4 members (excludes halogenated alkanes) is 1. The molecule has 1 rings (SSSR count). The molecular formula is C14H15NO2. The van der Waals surface area contributed by atoms with Crippen LogP contribution in [0.25, 0.3) is 6.08 Å². The minimum Gasteiger partial charge on any atom is -0.477 e. The van der Waals surface area contributed by atoms with Crippen molar-refractivity contribution in [3.8, 4) is 6.07 Å². The van der Waals surface area contributed by atoms with E-state index in [9.17, 15) is 4.79 Å². The number of carbonyl (C=O) groups is 1. The second-order valence-corrected chi connectivity index (χ2v) is 3.82. The lowest BCUT2D eigenvalue weighted by atomic mass is 10.1. The highest BCUT2D eigenvalue weighted by atomic mass is 16.4. The van der Waals surface area contributed by atoms with Gasteiger partial charge in [-0.3, -0.25) is 0 Å². The minimum atomic E-state index is -1.19. The normalized spacial score (nSPS) is 10.9. The van der Waals surface area contributed by atoms with E-state index in [0.29, 0.717) is 0 Å². The fourth-order valence-corrected chi connectivity index (χ4v) is 1.47. The second kappa shape index (κ2) is 6.49. The van der Waals surface area contributed by atoms with Crippen LogP contribution in [-0.4, -0.2) is 11.1 Å². The van der Waals surface area contributed by atoms with Gasteiger partial charge < -0.3 is 5.11 Å². The van der Waals surface area contributed by atoms with E-state index in [2.05, 4.69) is 6.92 Å². The fraction of sp³-hybridized carbons (Fsp3) is 0.286. The third-order valence-electron chi connectivity index (χ3n) is 2.46. The van der Waals surface area contributed by atoms with Crippen molar-refractivity contribution in [2.75, 3.05) is 0 Å². The van der Waals surface area contributed by atoms with Crippen molar-refractivity contribution >= 4 is 12.0 Å². The Morgan fingerprint density at radius 3 is 2.53 bits per heavy atom. The predicted octanol–water partition coefficient (Wildman–Crippen LogP) is 3.02. The number of rotatable bonds is 5. The standard InChI is InChI=1S/C14H15NO2/c1-2-3-4-11-5-7-12(8-6-11)9-13(10-15)14(16)17/h5-9H,2-4H2,1H3,(H,16,17)/b13-9+. The molecule has 0 atom stereocenters. The van der Waals surface area contributed by atoms with E-state index in [1.54, 1.807) is 6.07 Å². The number of aryl methyl sites for hydroxylation is 1. The number of aliphatic carboxylic acids is 1. The Kier molecular flexibility index (Phi) is 4.96. The molecule has 0 aliphatic carbocycles. The molecule has 88 valence electrons. The highest BCUT2D eigenvalue weighted by Crippen LogP contribution is 2.11. The number of benzene rings is 1. The van der Waals surface area contributed by atoms with Crippen LogP contribution < -0.4 is 0 Å². The number of hydrogen-bond acceptors (Lipinski definition) is 2. The van der Waals surface area contributed by atoms with Crippen LogP contribution in [0.5, 0.6) is 0 Å². The lowest BCUT2D eigenvalue weighted by Crippen LogP contribution is -1.97. The Labute approximate surface area is 101 Å². The molecule has 0 saturated heterocycles. The quantitative estimate of drug-likeness (QED) is 0.623. The van der Waals surface area contributed by atoms with Gasteiger partial charge in [0, 0.05) is 0 Å². The molecule has 0 aliphatic rings. The third kappa shape index (κ3) is 4.12. The van der Waals surface area contributed by atoms with Crippen molar-refractivity contribution in [2.45, 2.75) is 26.2 Å². The maximum absolute atomic E-state index is 10.7. The van der Waals surface area contributed by atoms with Gasteiger partial charge in [-0.25, -0.2) is 4.79 Å².